The zero-order valence-electron chi connectivity index (χ0n) is 20.4. The number of ether oxygens (including phenoxy) is 1. The third kappa shape index (κ3) is 5.77. The number of para-hydroxylation sites is 1. The smallest absolute Gasteiger partial charge is 0.311 e. The Kier molecular flexibility index (Phi) is 7.74. The zero-order chi connectivity index (χ0) is 25.7. The number of non-ortho nitro benzene ring substituents is 1. The van der Waals surface area contributed by atoms with Crippen LogP contribution in [0.3, 0.4) is 0 Å². The number of likely N-dealkylation sites (N-methyl/N-ethyl adjacent to an activating group) is 1. The first-order chi connectivity index (χ1) is 17.4. The summed E-state index contributed by atoms with van der Waals surface area (Å²) in [5.41, 5.74) is 2.51. The molecule has 1 aliphatic heterocycles. The molecule has 2 aromatic carbocycles. The van der Waals surface area contributed by atoms with E-state index in [0.717, 1.165) is 25.3 Å². The van der Waals surface area contributed by atoms with Crippen molar-refractivity contribution in [2.24, 2.45) is 0 Å². The number of nitro groups is 1. The number of benzene rings is 2. The zero-order valence-corrected chi connectivity index (χ0v) is 20.4. The fraction of sp³-hybridized carbons (Fsp3) is 0.346. The van der Waals surface area contributed by atoms with Crippen molar-refractivity contribution >= 4 is 17.6 Å². The second-order valence-electron chi connectivity index (χ2n) is 8.66. The average Bonchev–Trinajstić information content (AvgIpc) is 3.32. The van der Waals surface area contributed by atoms with Crippen molar-refractivity contribution in [1.29, 1.82) is 0 Å². The first-order valence-corrected chi connectivity index (χ1v) is 11.9. The van der Waals surface area contributed by atoms with Gasteiger partial charge >= 0.3 is 5.97 Å². The van der Waals surface area contributed by atoms with Crippen LogP contribution in [0.25, 0.3) is 16.9 Å². The molecule has 0 spiro atoms. The lowest BCUT2D eigenvalue weighted by Crippen LogP contribution is -2.51. The fourth-order valence-corrected chi connectivity index (χ4v) is 4.22. The lowest BCUT2D eigenvalue weighted by Gasteiger charge is -2.35. The van der Waals surface area contributed by atoms with Crippen LogP contribution in [0.2, 0.25) is 0 Å². The highest BCUT2D eigenvalue weighted by Gasteiger charge is 2.27. The molecule has 1 aliphatic rings. The summed E-state index contributed by atoms with van der Waals surface area (Å²) in [6.45, 7) is 7.47. The maximum absolute atomic E-state index is 12.9. The summed E-state index contributed by atoms with van der Waals surface area (Å²) in [5.74, 6) is -0.742. The fourth-order valence-electron chi connectivity index (χ4n) is 4.22. The van der Waals surface area contributed by atoms with Crippen LogP contribution < -0.4 is 0 Å². The summed E-state index contributed by atoms with van der Waals surface area (Å²) in [5, 5.41) is 15.7. The number of carbonyl (C=O) groups excluding carboxylic acids is 2. The predicted molar refractivity (Wildman–Crippen MR) is 134 cm³/mol. The Hall–Kier alpha value is -4.05. The largest absolute Gasteiger partial charge is 0.452 e. The topological polar surface area (TPSA) is 111 Å². The van der Waals surface area contributed by atoms with Gasteiger partial charge in [0.15, 0.2) is 6.10 Å². The monoisotopic (exact) mass is 491 g/mol. The molecule has 0 unspecified atom stereocenters. The molecule has 10 heteroatoms. The van der Waals surface area contributed by atoms with Crippen LogP contribution >= 0.6 is 0 Å². The standard InChI is InChI=1S/C26H29N5O5/c1-3-28-13-15-29(16-14-28)26(33)19(2)36-24(32)17-21-18-30(22-7-5-4-6-8-22)27-25(21)20-9-11-23(12-10-20)31(34)35/h4-12,18-19H,3,13-17H2,1-2H3/t19-/m0/s1. The van der Waals surface area contributed by atoms with Gasteiger partial charge in [0.1, 0.15) is 0 Å². The minimum atomic E-state index is -0.891. The molecule has 0 N–H and O–H groups in total. The van der Waals surface area contributed by atoms with Crippen molar-refractivity contribution in [2.45, 2.75) is 26.4 Å². The Morgan fingerprint density at radius 3 is 2.33 bits per heavy atom. The maximum Gasteiger partial charge on any atom is 0.311 e. The molecular weight excluding hydrogens is 462 g/mol. The van der Waals surface area contributed by atoms with Crippen LogP contribution in [-0.2, 0) is 20.7 Å². The number of aromatic nitrogens is 2. The van der Waals surface area contributed by atoms with Crippen molar-refractivity contribution < 1.29 is 19.2 Å². The molecule has 4 rings (SSSR count). The number of hydrogen-bond acceptors (Lipinski definition) is 7. The lowest BCUT2D eigenvalue weighted by atomic mass is 10.1. The molecule has 1 atom stereocenters. The van der Waals surface area contributed by atoms with Crippen molar-refractivity contribution in [3.63, 3.8) is 0 Å². The van der Waals surface area contributed by atoms with E-state index in [1.807, 2.05) is 30.3 Å². The van der Waals surface area contributed by atoms with Crippen molar-refractivity contribution in [3.8, 4) is 16.9 Å². The van der Waals surface area contributed by atoms with Gasteiger partial charge in [-0.05, 0) is 37.7 Å². The summed E-state index contributed by atoms with van der Waals surface area (Å²) in [4.78, 5) is 40.2. The first kappa shape index (κ1) is 25.1. The molecule has 36 heavy (non-hydrogen) atoms. The number of piperazine rings is 1. The van der Waals surface area contributed by atoms with E-state index >= 15 is 0 Å². The van der Waals surface area contributed by atoms with E-state index in [1.165, 1.54) is 12.1 Å². The minimum absolute atomic E-state index is 0.0330. The van der Waals surface area contributed by atoms with E-state index in [9.17, 15) is 19.7 Å². The number of nitro benzene ring substituents is 1. The quantitative estimate of drug-likeness (QED) is 0.270. The van der Waals surface area contributed by atoms with Gasteiger partial charge in [-0.15, -0.1) is 0 Å². The SMILES string of the molecule is CCN1CCN(C(=O)[C@H](C)OC(=O)Cc2cn(-c3ccccc3)nc2-c2ccc([N+](=O)[O-])cc2)CC1. The van der Waals surface area contributed by atoms with Gasteiger partial charge in [0.25, 0.3) is 11.6 Å². The third-order valence-corrected chi connectivity index (χ3v) is 6.28. The van der Waals surface area contributed by atoms with Gasteiger partial charge in [-0.1, -0.05) is 25.1 Å². The molecule has 188 valence electrons. The van der Waals surface area contributed by atoms with Crippen LogP contribution in [0.1, 0.15) is 19.4 Å². The Morgan fingerprint density at radius 1 is 1.06 bits per heavy atom. The Bertz CT molecular complexity index is 1220. The third-order valence-electron chi connectivity index (χ3n) is 6.28. The average molecular weight is 492 g/mol. The van der Waals surface area contributed by atoms with Crippen LogP contribution in [0.15, 0.2) is 60.8 Å². The molecule has 1 amide bonds. The molecule has 2 heterocycles. The highest BCUT2D eigenvalue weighted by molar-refractivity contribution is 5.84. The predicted octanol–water partition coefficient (Wildman–Crippen LogP) is 3.09. The summed E-state index contributed by atoms with van der Waals surface area (Å²) in [7, 11) is 0. The highest BCUT2D eigenvalue weighted by atomic mass is 16.6. The van der Waals surface area contributed by atoms with Crippen molar-refractivity contribution in [1.82, 2.24) is 19.6 Å². The molecular formula is C26H29N5O5. The van der Waals surface area contributed by atoms with Gasteiger partial charge in [0, 0.05) is 55.6 Å². The number of hydrogen-bond donors (Lipinski definition) is 0. The number of nitrogens with zero attached hydrogens (tertiary/aromatic N) is 5. The minimum Gasteiger partial charge on any atom is -0.452 e. The molecule has 1 fully saturated rings. The molecule has 1 saturated heterocycles. The van der Waals surface area contributed by atoms with Gasteiger partial charge < -0.3 is 14.5 Å². The van der Waals surface area contributed by atoms with Gasteiger partial charge in [-0.25, -0.2) is 4.68 Å². The van der Waals surface area contributed by atoms with Gasteiger partial charge in [-0.2, -0.15) is 5.10 Å². The van der Waals surface area contributed by atoms with Crippen LogP contribution in [0.4, 0.5) is 5.69 Å². The lowest BCUT2D eigenvalue weighted by molar-refractivity contribution is -0.384. The molecule has 0 bridgehead atoms. The van der Waals surface area contributed by atoms with Gasteiger partial charge in [0.2, 0.25) is 0 Å². The van der Waals surface area contributed by atoms with Gasteiger partial charge in [-0.3, -0.25) is 19.7 Å². The summed E-state index contributed by atoms with van der Waals surface area (Å²) in [6.07, 6.45) is 0.752. The van der Waals surface area contributed by atoms with E-state index in [2.05, 4.69) is 16.9 Å². The van der Waals surface area contributed by atoms with E-state index in [4.69, 9.17) is 4.74 Å². The second kappa shape index (κ2) is 11.1. The first-order valence-electron chi connectivity index (χ1n) is 11.9. The summed E-state index contributed by atoms with van der Waals surface area (Å²) < 4.78 is 7.16. The van der Waals surface area contributed by atoms with Gasteiger partial charge in [0.05, 0.1) is 22.7 Å². The molecule has 3 aromatic rings. The van der Waals surface area contributed by atoms with E-state index in [0.29, 0.717) is 29.9 Å². The Morgan fingerprint density at radius 2 is 1.72 bits per heavy atom. The Balaban J connectivity index is 1.51. The molecule has 0 radical (unpaired) electrons. The summed E-state index contributed by atoms with van der Waals surface area (Å²) >= 11 is 0. The number of rotatable bonds is 8. The number of carbonyl (C=O) groups is 2. The summed E-state index contributed by atoms with van der Waals surface area (Å²) in [6, 6.07) is 15.4. The van der Waals surface area contributed by atoms with Crippen molar-refractivity contribution in [3.05, 3.63) is 76.5 Å². The maximum atomic E-state index is 12.9. The van der Waals surface area contributed by atoms with Crippen molar-refractivity contribution in [2.75, 3.05) is 32.7 Å². The number of amides is 1. The normalized spacial score (nSPS) is 14.9. The molecule has 0 saturated carbocycles. The molecule has 0 aliphatic carbocycles. The second-order valence-corrected chi connectivity index (χ2v) is 8.66. The molecule has 10 nitrogen and oxygen atoms in total. The highest BCUT2D eigenvalue weighted by Crippen LogP contribution is 2.26. The number of esters is 1. The van der Waals surface area contributed by atoms with Crippen LogP contribution in [0.5, 0.6) is 0 Å². The molecule has 1 aromatic heterocycles. The van der Waals surface area contributed by atoms with Crippen LogP contribution in [0, 0.1) is 10.1 Å². The van der Waals surface area contributed by atoms with Crippen LogP contribution in [-0.4, -0.2) is 75.2 Å². The Labute approximate surface area is 209 Å². The van der Waals surface area contributed by atoms with E-state index < -0.39 is 17.0 Å². The van der Waals surface area contributed by atoms with E-state index in [1.54, 1.807) is 34.8 Å². The van der Waals surface area contributed by atoms with E-state index in [-0.39, 0.29) is 18.0 Å².